The highest BCUT2D eigenvalue weighted by Crippen LogP contribution is 2.37. The highest BCUT2D eigenvalue weighted by atomic mass is 14.9. The van der Waals surface area contributed by atoms with Crippen LogP contribution in [-0.4, -0.2) is 15.0 Å². The molecule has 2 heterocycles. The molecule has 0 aliphatic heterocycles. The van der Waals surface area contributed by atoms with E-state index in [-0.39, 0.29) is 0 Å². The Balaban J connectivity index is 1.19. The Hall–Kier alpha value is -6.97. The van der Waals surface area contributed by atoms with E-state index in [1.54, 1.807) is 6.20 Å². The van der Waals surface area contributed by atoms with E-state index in [9.17, 15) is 0 Å². The first-order valence-corrected chi connectivity index (χ1v) is 17.5. The molecule has 9 aromatic rings. The summed E-state index contributed by atoms with van der Waals surface area (Å²) in [5, 5.41) is 9.77. The molecule has 3 nitrogen and oxygen atoms in total. The standard InChI is InChI=1S/C49H33N3/c1-2-33(39-24-10-15-34-13-3-4-19-40(34)39)14-11-25-48-47(36-17-9-16-35(29-36)38-18-12-28-50-31-38)32-51-49(52-48)37-26-27-45-43-22-6-5-20-41(43)42-21-7-8-23-44(42)46(45)30-37/h2-32H,1H2/b25-11+,33-14+. The Labute approximate surface area is 302 Å². The van der Waals surface area contributed by atoms with E-state index in [4.69, 9.17) is 9.97 Å². The van der Waals surface area contributed by atoms with Gasteiger partial charge in [-0.15, -0.1) is 0 Å². The van der Waals surface area contributed by atoms with Crippen molar-refractivity contribution in [2.75, 3.05) is 0 Å². The molecule has 9 rings (SSSR count). The summed E-state index contributed by atoms with van der Waals surface area (Å²) in [6.07, 6.45) is 13.8. The van der Waals surface area contributed by atoms with Crippen molar-refractivity contribution in [3.8, 4) is 33.6 Å². The van der Waals surface area contributed by atoms with Gasteiger partial charge >= 0.3 is 0 Å². The lowest BCUT2D eigenvalue weighted by molar-refractivity contribution is 1.16. The monoisotopic (exact) mass is 663 g/mol. The minimum atomic E-state index is 0.674. The fourth-order valence-electron chi connectivity index (χ4n) is 7.32. The van der Waals surface area contributed by atoms with Crippen LogP contribution < -0.4 is 0 Å². The molecule has 0 fully saturated rings. The van der Waals surface area contributed by atoms with Gasteiger partial charge in [0.2, 0.25) is 0 Å². The van der Waals surface area contributed by atoms with Gasteiger partial charge in [0, 0.05) is 35.3 Å². The lowest BCUT2D eigenvalue weighted by Gasteiger charge is -2.13. The van der Waals surface area contributed by atoms with Gasteiger partial charge in [-0.25, -0.2) is 9.97 Å². The van der Waals surface area contributed by atoms with Gasteiger partial charge in [-0.05, 0) is 89.6 Å². The maximum Gasteiger partial charge on any atom is 0.159 e. The molecule has 0 saturated heterocycles. The zero-order valence-electron chi connectivity index (χ0n) is 28.4. The van der Waals surface area contributed by atoms with Crippen molar-refractivity contribution in [2.45, 2.75) is 0 Å². The fourth-order valence-corrected chi connectivity index (χ4v) is 7.32. The maximum atomic E-state index is 5.25. The third-order valence-corrected chi connectivity index (χ3v) is 9.84. The van der Waals surface area contributed by atoms with Gasteiger partial charge in [-0.2, -0.15) is 0 Å². The van der Waals surface area contributed by atoms with Crippen molar-refractivity contribution in [3.05, 3.63) is 200 Å². The first kappa shape index (κ1) is 31.0. The van der Waals surface area contributed by atoms with Crippen molar-refractivity contribution >= 4 is 54.7 Å². The predicted molar refractivity (Wildman–Crippen MR) is 220 cm³/mol. The summed E-state index contributed by atoms with van der Waals surface area (Å²) in [5.41, 5.74) is 8.10. The van der Waals surface area contributed by atoms with E-state index in [0.717, 1.165) is 44.6 Å². The second-order valence-electron chi connectivity index (χ2n) is 12.9. The van der Waals surface area contributed by atoms with Gasteiger partial charge in [0.05, 0.1) is 5.69 Å². The first-order chi connectivity index (χ1) is 25.7. The lowest BCUT2D eigenvalue weighted by Crippen LogP contribution is -1.96. The van der Waals surface area contributed by atoms with Crippen molar-refractivity contribution in [1.82, 2.24) is 15.0 Å². The third kappa shape index (κ3) is 5.65. The number of nitrogens with zero attached hydrogens (tertiary/aromatic N) is 3. The maximum absolute atomic E-state index is 5.25. The summed E-state index contributed by atoms with van der Waals surface area (Å²) < 4.78 is 0. The molecule has 0 aliphatic rings. The minimum absolute atomic E-state index is 0.674. The average Bonchev–Trinajstić information content (AvgIpc) is 3.22. The normalized spacial score (nSPS) is 12.0. The molecule has 2 aromatic heterocycles. The molecule has 0 spiro atoms. The molecule has 0 unspecified atom stereocenters. The number of pyridine rings is 1. The number of benzene rings is 7. The van der Waals surface area contributed by atoms with Crippen molar-refractivity contribution in [2.24, 2.45) is 0 Å². The number of allylic oxidation sites excluding steroid dienone is 4. The van der Waals surface area contributed by atoms with Crippen LogP contribution >= 0.6 is 0 Å². The second kappa shape index (κ2) is 13.4. The molecular weight excluding hydrogens is 631 g/mol. The summed E-state index contributed by atoms with van der Waals surface area (Å²) in [6.45, 7) is 4.16. The van der Waals surface area contributed by atoms with E-state index in [0.29, 0.717) is 5.82 Å². The van der Waals surface area contributed by atoms with E-state index < -0.39 is 0 Å². The van der Waals surface area contributed by atoms with E-state index in [1.165, 1.54) is 43.1 Å². The quantitative estimate of drug-likeness (QED) is 0.126. The molecular formula is C49H33N3. The van der Waals surface area contributed by atoms with Crippen molar-refractivity contribution in [1.29, 1.82) is 0 Å². The van der Waals surface area contributed by atoms with Gasteiger partial charge in [0.15, 0.2) is 5.82 Å². The van der Waals surface area contributed by atoms with Crippen LogP contribution in [0.2, 0.25) is 0 Å². The molecule has 3 heteroatoms. The van der Waals surface area contributed by atoms with Crippen molar-refractivity contribution in [3.63, 3.8) is 0 Å². The van der Waals surface area contributed by atoms with Crippen LogP contribution in [0.4, 0.5) is 0 Å². The largest absolute Gasteiger partial charge is 0.264 e. The summed E-state index contributed by atoms with van der Waals surface area (Å²) >= 11 is 0. The summed E-state index contributed by atoms with van der Waals surface area (Å²) in [7, 11) is 0. The Morgan fingerprint density at radius 1 is 0.519 bits per heavy atom. The van der Waals surface area contributed by atoms with Gasteiger partial charge < -0.3 is 0 Å². The van der Waals surface area contributed by atoms with E-state index in [1.807, 2.05) is 24.5 Å². The molecule has 0 amide bonds. The smallest absolute Gasteiger partial charge is 0.159 e. The number of rotatable bonds is 7. The number of hydrogen-bond acceptors (Lipinski definition) is 3. The first-order valence-electron chi connectivity index (χ1n) is 17.5. The van der Waals surface area contributed by atoms with Gasteiger partial charge in [-0.1, -0.05) is 152 Å². The molecule has 0 radical (unpaired) electrons. The van der Waals surface area contributed by atoms with E-state index >= 15 is 0 Å². The number of hydrogen-bond donors (Lipinski definition) is 0. The minimum Gasteiger partial charge on any atom is -0.264 e. The van der Waals surface area contributed by atoms with Gasteiger partial charge in [-0.3, -0.25) is 4.98 Å². The van der Waals surface area contributed by atoms with Crippen LogP contribution in [0.5, 0.6) is 0 Å². The molecule has 0 atom stereocenters. The molecule has 0 saturated carbocycles. The third-order valence-electron chi connectivity index (χ3n) is 9.84. The summed E-state index contributed by atoms with van der Waals surface area (Å²) in [6, 6.07) is 51.2. The van der Waals surface area contributed by atoms with Crippen LogP contribution in [0.25, 0.3) is 88.4 Å². The van der Waals surface area contributed by atoms with Gasteiger partial charge in [0.1, 0.15) is 0 Å². The molecule has 0 N–H and O–H groups in total. The van der Waals surface area contributed by atoms with Gasteiger partial charge in [0.25, 0.3) is 0 Å². The fraction of sp³-hybridized carbons (Fsp3) is 0. The summed E-state index contributed by atoms with van der Waals surface area (Å²) in [5.74, 6) is 0.674. The predicted octanol–water partition coefficient (Wildman–Crippen LogP) is 12.8. The zero-order chi connectivity index (χ0) is 34.9. The average molecular weight is 664 g/mol. The van der Waals surface area contributed by atoms with Crippen LogP contribution in [0.3, 0.4) is 0 Å². The van der Waals surface area contributed by atoms with E-state index in [2.05, 4.69) is 169 Å². The van der Waals surface area contributed by atoms with Crippen molar-refractivity contribution < 1.29 is 0 Å². The van der Waals surface area contributed by atoms with Crippen LogP contribution in [0, 0.1) is 0 Å². The molecule has 52 heavy (non-hydrogen) atoms. The Morgan fingerprint density at radius 2 is 1.17 bits per heavy atom. The SMILES string of the molecule is C=C/C(=C\C=C\c1nc(-c2ccc3c4ccccc4c4ccccc4c3c2)ncc1-c1cccc(-c2cccnc2)c1)c1cccc2ccccc12. The molecule has 244 valence electrons. The number of aromatic nitrogens is 3. The van der Waals surface area contributed by atoms with Crippen LogP contribution in [0.1, 0.15) is 11.3 Å². The number of fused-ring (bicyclic) bond motifs is 7. The molecule has 0 bridgehead atoms. The van der Waals surface area contributed by atoms with Crippen LogP contribution in [-0.2, 0) is 0 Å². The Bertz CT molecular complexity index is 2820. The Morgan fingerprint density at radius 3 is 1.92 bits per heavy atom. The highest BCUT2D eigenvalue weighted by Gasteiger charge is 2.14. The molecule has 7 aromatic carbocycles. The summed E-state index contributed by atoms with van der Waals surface area (Å²) in [4.78, 5) is 14.6. The second-order valence-corrected chi connectivity index (χ2v) is 12.9. The Kier molecular flexibility index (Phi) is 7.99. The highest BCUT2D eigenvalue weighted by molar-refractivity contribution is 6.25. The topological polar surface area (TPSA) is 38.7 Å². The lowest BCUT2D eigenvalue weighted by atomic mass is 9.93. The van der Waals surface area contributed by atoms with Crippen LogP contribution in [0.15, 0.2) is 189 Å². The zero-order valence-corrected chi connectivity index (χ0v) is 28.4. The molecule has 0 aliphatic carbocycles.